The third-order valence-corrected chi connectivity index (χ3v) is 4.60. The Morgan fingerprint density at radius 1 is 1.47 bits per heavy atom. The van der Waals surface area contributed by atoms with Gasteiger partial charge in [0.2, 0.25) is 5.91 Å². The van der Waals surface area contributed by atoms with Crippen LogP contribution < -0.4 is 5.32 Å². The first kappa shape index (κ1) is 13.8. The topological polar surface area (TPSA) is 79.3 Å². The SMILES string of the molecule is CC(=O)N[C@@H](CSc1nc2ccccc2s1)C(=O)O. The van der Waals surface area contributed by atoms with Gasteiger partial charge in [0.15, 0.2) is 4.34 Å². The van der Waals surface area contributed by atoms with Crippen molar-refractivity contribution in [2.24, 2.45) is 0 Å². The Morgan fingerprint density at radius 2 is 2.21 bits per heavy atom. The number of amides is 1. The quantitative estimate of drug-likeness (QED) is 0.825. The van der Waals surface area contributed by atoms with Crippen molar-refractivity contribution in [2.45, 2.75) is 17.3 Å². The highest BCUT2D eigenvalue weighted by Crippen LogP contribution is 2.29. The van der Waals surface area contributed by atoms with Gasteiger partial charge in [0.1, 0.15) is 6.04 Å². The van der Waals surface area contributed by atoms with Crippen molar-refractivity contribution in [1.29, 1.82) is 0 Å². The van der Waals surface area contributed by atoms with E-state index in [1.54, 1.807) is 0 Å². The summed E-state index contributed by atoms with van der Waals surface area (Å²) in [6.45, 7) is 1.30. The second-order valence-corrected chi connectivity index (χ2v) is 6.15. The molecule has 1 atom stereocenters. The molecule has 1 heterocycles. The Balaban J connectivity index is 2.03. The van der Waals surface area contributed by atoms with Crippen LogP contribution in [0.2, 0.25) is 0 Å². The summed E-state index contributed by atoms with van der Waals surface area (Å²) in [5, 5.41) is 11.4. The molecule has 2 rings (SSSR count). The lowest BCUT2D eigenvalue weighted by atomic mass is 10.3. The molecule has 0 aliphatic rings. The first-order chi connectivity index (χ1) is 9.06. The number of para-hydroxylation sites is 1. The lowest BCUT2D eigenvalue weighted by Gasteiger charge is -2.11. The number of carbonyl (C=O) groups excluding carboxylic acids is 1. The number of nitrogens with one attached hydrogen (secondary N) is 1. The van der Waals surface area contributed by atoms with E-state index in [0.717, 1.165) is 14.6 Å². The van der Waals surface area contributed by atoms with E-state index in [1.807, 2.05) is 24.3 Å². The molecule has 1 aromatic heterocycles. The number of hydrogen-bond acceptors (Lipinski definition) is 5. The van der Waals surface area contributed by atoms with Crippen molar-refractivity contribution >= 4 is 45.2 Å². The third kappa shape index (κ3) is 3.68. The highest BCUT2D eigenvalue weighted by atomic mass is 32.2. The lowest BCUT2D eigenvalue weighted by molar-refractivity contribution is -0.140. The summed E-state index contributed by atoms with van der Waals surface area (Å²) >= 11 is 2.85. The van der Waals surface area contributed by atoms with Crippen LogP contribution in [0.4, 0.5) is 0 Å². The smallest absolute Gasteiger partial charge is 0.327 e. The van der Waals surface area contributed by atoms with Crippen LogP contribution in [0.25, 0.3) is 10.2 Å². The number of carboxylic acids is 1. The summed E-state index contributed by atoms with van der Waals surface area (Å²) in [5.74, 6) is -1.13. The van der Waals surface area contributed by atoms with E-state index in [9.17, 15) is 9.59 Å². The van der Waals surface area contributed by atoms with Crippen molar-refractivity contribution in [3.05, 3.63) is 24.3 Å². The molecule has 0 spiro atoms. The van der Waals surface area contributed by atoms with Crippen LogP contribution in [0.15, 0.2) is 28.6 Å². The lowest BCUT2D eigenvalue weighted by Crippen LogP contribution is -2.41. The Hall–Kier alpha value is -1.60. The van der Waals surface area contributed by atoms with E-state index in [4.69, 9.17) is 5.11 Å². The number of hydrogen-bond donors (Lipinski definition) is 2. The van der Waals surface area contributed by atoms with Crippen LogP contribution in [0, 0.1) is 0 Å². The summed E-state index contributed by atoms with van der Waals surface area (Å²) in [6.07, 6.45) is 0. The van der Waals surface area contributed by atoms with E-state index in [0.29, 0.717) is 0 Å². The second-order valence-electron chi connectivity index (χ2n) is 3.85. The van der Waals surface area contributed by atoms with Crippen LogP contribution in [-0.2, 0) is 9.59 Å². The van der Waals surface area contributed by atoms with E-state index in [2.05, 4.69) is 10.3 Å². The number of thioether (sulfide) groups is 1. The minimum Gasteiger partial charge on any atom is -0.480 e. The molecule has 1 aromatic carbocycles. The minimum atomic E-state index is -1.04. The van der Waals surface area contributed by atoms with E-state index in [-0.39, 0.29) is 11.7 Å². The molecular formula is C12H12N2O3S2. The van der Waals surface area contributed by atoms with Crippen LogP contribution in [0.5, 0.6) is 0 Å². The van der Waals surface area contributed by atoms with Crippen molar-refractivity contribution in [3.8, 4) is 0 Å². The Bertz CT molecular complexity index is 579. The van der Waals surface area contributed by atoms with Gasteiger partial charge in [0, 0.05) is 12.7 Å². The molecule has 19 heavy (non-hydrogen) atoms. The molecule has 0 aliphatic carbocycles. The second kappa shape index (κ2) is 6.03. The van der Waals surface area contributed by atoms with Gasteiger partial charge >= 0.3 is 5.97 Å². The molecule has 0 aliphatic heterocycles. The van der Waals surface area contributed by atoms with Crippen LogP contribution in [0.3, 0.4) is 0 Å². The molecule has 0 unspecified atom stereocenters. The van der Waals surface area contributed by atoms with E-state index >= 15 is 0 Å². The molecule has 7 heteroatoms. The fraction of sp³-hybridized carbons (Fsp3) is 0.250. The number of benzene rings is 1. The summed E-state index contributed by atoms with van der Waals surface area (Å²) in [5.41, 5.74) is 0.904. The average molecular weight is 296 g/mol. The van der Waals surface area contributed by atoms with Crippen molar-refractivity contribution in [3.63, 3.8) is 0 Å². The van der Waals surface area contributed by atoms with Gasteiger partial charge < -0.3 is 10.4 Å². The largest absolute Gasteiger partial charge is 0.480 e. The van der Waals surface area contributed by atoms with E-state index < -0.39 is 12.0 Å². The fourth-order valence-corrected chi connectivity index (χ4v) is 3.59. The molecule has 5 nitrogen and oxygen atoms in total. The maximum absolute atomic E-state index is 11.0. The highest BCUT2D eigenvalue weighted by Gasteiger charge is 2.19. The van der Waals surface area contributed by atoms with Crippen molar-refractivity contribution in [2.75, 3.05) is 5.75 Å². The third-order valence-electron chi connectivity index (χ3n) is 2.32. The molecule has 2 aromatic rings. The predicted octanol–water partition coefficient (Wildman–Crippen LogP) is 1.98. The molecule has 0 saturated carbocycles. The van der Waals surface area contributed by atoms with Gasteiger partial charge in [-0.1, -0.05) is 23.9 Å². The summed E-state index contributed by atoms with van der Waals surface area (Å²) in [6, 6.07) is 6.84. The van der Waals surface area contributed by atoms with Crippen LogP contribution in [0.1, 0.15) is 6.92 Å². The Kier molecular flexibility index (Phi) is 4.39. The standard InChI is InChI=1S/C12H12N2O3S2/c1-7(15)13-9(11(16)17)6-18-12-14-8-4-2-3-5-10(8)19-12/h2-5,9H,6H2,1H3,(H,13,15)(H,16,17)/t9-/m0/s1. The van der Waals surface area contributed by atoms with Gasteiger partial charge in [-0.2, -0.15) is 0 Å². The zero-order valence-corrected chi connectivity index (χ0v) is 11.8. The fourth-order valence-electron chi connectivity index (χ4n) is 1.49. The molecular weight excluding hydrogens is 284 g/mol. The van der Waals surface area contributed by atoms with Crippen LogP contribution in [-0.4, -0.2) is 33.8 Å². The highest BCUT2D eigenvalue weighted by molar-refractivity contribution is 8.01. The van der Waals surface area contributed by atoms with E-state index in [1.165, 1.54) is 30.0 Å². The molecule has 2 N–H and O–H groups in total. The number of aliphatic carboxylic acids is 1. The van der Waals surface area contributed by atoms with Gasteiger partial charge in [-0.15, -0.1) is 11.3 Å². The van der Waals surface area contributed by atoms with Crippen molar-refractivity contribution < 1.29 is 14.7 Å². The zero-order chi connectivity index (χ0) is 13.8. The number of nitrogens with zero attached hydrogens (tertiary/aromatic N) is 1. The number of carboxylic acid groups (broad SMARTS) is 1. The Labute approximate surface area is 118 Å². The van der Waals surface area contributed by atoms with Gasteiger partial charge in [0.25, 0.3) is 0 Å². The maximum Gasteiger partial charge on any atom is 0.327 e. The molecule has 0 bridgehead atoms. The first-order valence-electron chi connectivity index (χ1n) is 5.54. The summed E-state index contributed by atoms with van der Waals surface area (Å²) in [4.78, 5) is 26.3. The predicted molar refractivity (Wildman–Crippen MR) is 75.6 cm³/mol. The number of carbonyl (C=O) groups is 2. The van der Waals surface area contributed by atoms with Gasteiger partial charge in [-0.3, -0.25) is 4.79 Å². The number of rotatable bonds is 5. The average Bonchev–Trinajstić information content (AvgIpc) is 2.76. The number of fused-ring (bicyclic) bond motifs is 1. The monoisotopic (exact) mass is 296 g/mol. The van der Waals surface area contributed by atoms with Gasteiger partial charge in [-0.25, -0.2) is 9.78 Å². The molecule has 1 amide bonds. The van der Waals surface area contributed by atoms with Gasteiger partial charge in [0.05, 0.1) is 10.2 Å². The molecule has 0 saturated heterocycles. The summed E-state index contributed by atoms with van der Waals surface area (Å²) < 4.78 is 1.87. The number of aromatic nitrogens is 1. The maximum atomic E-state index is 11.0. The Morgan fingerprint density at radius 3 is 2.84 bits per heavy atom. The normalized spacial score (nSPS) is 12.3. The first-order valence-corrected chi connectivity index (χ1v) is 7.35. The molecule has 0 fully saturated rings. The number of thiazole rings is 1. The molecule has 100 valence electrons. The van der Waals surface area contributed by atoms with Gasteiger partial charge in [-0.05, 0) is 12.1 Å². The van der Waals surface area contributed by atoms with Crippen molar-refractivity contribution in [1.82, 2.24) is 10.3 Å². The van der Waals surface area contributed by atoms with Crippen LogP contribution >= 0.6 is 23.1 Å². The minimum absolute atomic E-state index is 0.259. The zero-order valence-electron chi connectivity index (χ0n) is 10.1. The summed E-state index contributed by atoms with van der Waals surface area (Å²) in [7, 11) is 0. The molecule has 0 radical (unpaired) electrons.